The third kappa shape index (κ3) is 12.4. The first kappa shape index (κ1) is 12.9. The molecule has 0 heterocycles. The monoisotopic (exact) mass is 232 g/mol. The first-order valence-electron chi connectivity index (χ1n) is 1.84. The Bertz CT molecular complexity index is 123. The standard InChI is InChI=1S/C3H7O2PS2.Zn/c1-2-3-5-6(4,7)8;/h2H,1,3H2,(H2,4,7,8);/q;+2/p-2. The molecule has 0 bridgehead atoms. The van der Waals surface area contributed by atoms with Crippen LogP contribution in [0.2, 0.25) is 0 Å². The van der Waals surface area contributed by atoms with Gasteiger partial charge in [-0.3, -0.25) is 0 Å². The molecule has 0 aromatic carbocycles. The van der Waals surface area contributed by atoms with Gasteiger partial charge in [-0.25, -0.2) is 0 Å². The van der Waals surface area contributed by atoms with E-state index >= 15 is 0 Å². The van der Waals surface area contributed by atoms with Crippen molar-refractivity contribution in [1.29, 1.82) is 0 Å². The topological polar surface area (TPSA) is 26.3 Å². The number of hydrogen-bond donors (Lipinski definition) is 0. The maximum absolute atomic E-state index is 10.3. The normalized spacial score (nSPS) is 10.0. The summed E-state index contributed by atoms with van der Waals surface area (Å²) in [5.41, 5.74) is 0. The van der Waals surface area contributed by atoms with Crippen LogP contribution in [-0.2, 0) is 53.1 Å². The Kier molecular flexibility index (Phi) is 8.59. The second kappa shape index (κ2) is 6.00. The zero-order chi connectivity index (χ0) is 6.62. The summed E-state index contributed by atoms with van der Waals surface area (Å²) in [5.74, 6) is -3.09. The molecule has 0 radical (unpaired) electrons. The van der Waals surface area contributed by atoms with Gasteiger partial charge in [0.1, 0.15) is 0 Å². The fraction of sp³-hybridized carbons (Fsp3) is 0.333. The van der Waals surface area contributed by atoms with Crippen LogP contribution >= 0.6 is 5.77 Å². The molecule has 0 atom stereocenters. The molecular formula is C3H5O2PS2Zn. The molecule has 48 valence electrons. The maximum atomic E-state index is 10.3. The molecule has 0 N–H and O–H groups in total. The molecule has 0 amide bonds. The van der Waals surface area contributed by atoms with Crippen LogP contribution in [0.3, 0.4) is 0 Å². The molecule has 0 aromatic heterocycles. The van der Waals surface area contributed by atoms with Crippen LogP contribution < -0.4 is 0 Å². The molecule has 9 heavy (non-hydrogen) atoms. The third-order valence-electron chi connectivity index (χ3n) is 0.351. The van der Waals surface area contributed by atoms with Gasteiger partial charge in [0.05, 0.1) is 6.61 Å². The van der Waals surface area contributed by atoms with Crippen LogP contribution in [0.1, 0.15) is 0 Å². The molecular weight excluding hydrogens is 229 g/mol. The second-order valence-corrected chi connectivity index (χ2v) is 5.76. The van der Waals surface area contributed by atoms with Gasteiger partial charge in [-0.1, -0.05) is 6.08 Å². The average Bonchev–Trinajstić information content (AvgIpc) is 1.59. The van der Waals surface area contributed by atoms with Crippen LogP contribution in [-0.4, -0.2) is 6.61 Å². The SMILES string of the molecule is C=CCOP(=O)([S-])[S-].[Zn+2]. The largest absolute Gasteiger partial charge is 2.00 e. The van der Waals surface area contributed by atoms with E-state index in [9.17, 15) is 4.57 Å². The van der Waals surface area contributed by atoms with Crippen molar-refractivity contribution < 1.29 is 28.6 Å². The average molecular weight is 234 g/mol. The van der Waals surface area contributed by atoms with Crippen molar-refractivity contribution in [3.05, 3.63) is 12.7 Å². The summed E-state index contributed by atoms with van der Waals surface area (Å²) in [6.07, 6.45) is 1.45. The van der Waals surface area contributed by atoms with E-state index < -0.39 is 5.77 Å². The van der Waals surface area contributed by atoms with Gasteiger partial charge in [-0.05, 0) is 5.77 Å². The molecule has 0 saturated carbocycles. The first-order valence-corrected chi connectivity index (χ1v) is 5.49. The predicted octanol–water partition coefficient (Wildman–Crippen LogP) is 1.39. The van der Waals surface area contributed by atoms with Crippen molar-refractivity contribution in [2.45, 2.75) is 0 Å². The van der Waals surface area contributed by atoms with E-state index in [2.05, 4.69) is 35.6 Å². The molecule has 0 aliphatic carbocycles. The quantitative estimate of drug-likeness (QED) is 0.319. The van der Waals surface area contributed by atoms with Crippen LogP contribution in [0.15, 0.2) is 12.7 Å². The van der Waals surface area contributed by atoms with Crippen molar-refractivity contribution in [2.75, 3.05) is 6.61 Å². The summed E-state index contributed by atoms with van der Waals surface area (Å²) in [6, 6.07) is 0. The summed E-state index contributed by atoms with van der Waals surface area (Å²) in [4.78, 5) is 0. The van der Waals surface area contributed by atoms with Gasteiger partial charge in [0.15, 0.2) is 0 Å². The molecule has 0 aromatic rings. The van der Waals surface area contributed by atoms with Crippen molar-refractivity contribution in [3.8, 4) is 0 Å². The third-order valence-corrected chi connectivity index (χ3v) is 1.45. The van der Waals surface area contributed by atoms with Crippen LogP contribution in [0.25, 0.3) is 0 Å². The molecule has 0 aliphatic heterocycles. The van der Waals surface area contributed by atoms with Gasteiger partial charge in [0.25, 0.3) is 0 Å². The Morgan fingerprint density at radius 2 is 2.11 bits per heavy atom. The summed E-state index contributed by atoms with van der Waals surface area (Å²) < 4.78 is 14.8. The second-order valence-electron chi connectivity index (χ2n) is 1.03. The number of rotatable bonds is 3. The molecule has 0 rings (SSSR count). The van der Waals surface area contributed by atoms with Crippen molar-refractivity contribution in [3.63, 3.8) is 0 Å². The molecule has 0 fully saturated rings. The molecule has 0 unspecified atom stereocenters. The zero-order valence-electron chi connectivity index (χ0n) is 4.78. The van der Waals surface area contributed by atoms with E-state index in [4.69, 9.17) is 0 Å². The minimum atomic E-state index is -3.09. The first-order chi connectivity index (χ1) is 3.56. The van der Waals surface area contributed by atoms with Crippen LogP contribution in [0.4, 0.5) is 0 Å². The van der Waals surface area contributed by atoms with E-state index in [1.54, 1.807) is 0 Å². The summed E-state index contributed by atoms with van der Waals surface area (Å²) in [7, 11) is 0. The van der Waals surface area contributed by atoms with Crippen molar-refractivity contribution in [1.82, 2.24) is 0 Å². The van der Waals surface area contributed by atoms with Gasteiger partial charge in [-0.2, -0.15) is 0 Å². The minimum absolute atomic E-state index is 0. The van der Waals surface area contributed by atoms with Crippen LogP contribution in [0.5, 0.6) is 0 Å². The Morgan fingerprint density at radius 3 is 2.22 bits per heavy atom. The Labute approximate surface area is 78.0 Å². The van der Waals surface area contributed by atoms with Gasteiger partial charge in [-0.15, -0.1) is 6.58 Å². The fourth-order valence-corrected chi connectivity index (χ4v) is 0.797. The Hall–Kier alpha value is 1.25. The smallest absolute Gasteiger partial charge is 0.714 e. The van der Waals surface area contributed by atoms with Crippen molar-refractivity contribution >= 4 is 30.3 Å². The fourth-order valence-electron chi connectivity index (χ4n) is 0.144. The summed E-state index contributed by atoms with van der Waals surface area (Å²) in [5, 5.41) is 0. The minimum Gasteiger partial charge on any atom is -0.714 e. The van der Waals surface area contributed by atoms with E-state index in [-0.39, 0.29) is 26.1 Å². The van der Waals surface area contributed by atoms with Gasteiger partial charge in [0, 0.05) is 0 Å². The molecule has 0 spiro atoms. The summed E-state index contributed by atoms with van der Waals surface area (Å²) >= 11 is 8.50. The van der Waals surface area contributed by atoms with E-state index in [0.29, 0.717) is 0 Å². The van der Waals surface area contributed by atoms with Gasteiger partial charge in [0.2, 0.25) is 0 Å². The summed E-state index contributed by atoms with van der Waals surface area (Å²) in [6.45, 7) is 3.50. The molecule has 0 aliphatic rings. The maximum Gasteiger partial charge on any atom is 2.00 e. The number of hydrogen-bond acceptors (Lipinski definition) is 4. The molecule has 0 saturated heterocycles. The van der Waals surface area contributed by atoms with E-state index in [0.717, 1.165) is 0 Å². The van der Waals surface area contributed by atoms with E-state index in [1.165, 1.54) is 6.08 Å². The van der Waals surface area contributed by atoms with Crippen molar-refractivity contribution in [2.24, 2.45) is 0 Å². The molecule has 2 nitrogen and oxygen atoms in total. The predicted molar refractivity (Wildman–Crippen MR) is 38.5 cm³/mol. The molecule has 6 heteroatoms. The Morgan fingerprint density at radius 1 is 1.67 bits per heavy atom. The van der Waals surface area contributed by atoms with Gasteiger partial charge < -0.3 is 33.6 Å². The van der Waals surface area contributed by atoms with Crippen LogP contribution in [0, 0.1) is 0 Å². The zero-order valence-corrected chi connectivity index (χ0v) is 10.3. The van der Waals surface area contributed by atoms with Gasteiger partial charge >= 0.3 is 19.5 Å². The van der Waals surface area contributed by atoms with E-state index in [1.807, 2.05) is 0 Å². The Balaban J connectivity index is 0.